The molecular formula is C20H17NO2. The maximum absolute atomic E-state index is 12.0. The molecule has 2 aromatic carbocycles. The summed E-state index contributed by atoms with van der Waals surface area (Å²) in [4.78, 5) is 16.3. The number of carbonyl (C=O) groups excluding carboxylic acids is 1. The summed E-state index contributed by atoms with van der Waals surface area (Å²) in [7, 11) is 0. The quantitative estimate of drug-likeness (QED) is 0.662. The van der Waals surface area contributed by atoms with Gasteiger partial charge in [0.2, 0.25) is 0 Å². The van der Waals surface area contributed by atoms with E-state index in [1.807, 2.05) is 36.4 Å². The predicted octanol–water partition coefficient (Wildman–Crippen LogP) is 4.58. The molecule has 0 bridgehead atoms. The van der Waals surface area contributed by atoms with Gasteiger partial charge in [-0.25, -0.2) is 4.79 Å². The summed E-state index contributed by atoms with van der Waals surface area (Å²) in [6, 6.07) is 17.8. The van der Waals surface area contributed by atoms with Crippen molar-refractivity contribution in [2.45, 2.75) is 6.92 Å². The van der Waals surface area contributed by atoms with Crippen molar-refractivity contribution in [2.24, 2.45) is 0 Å². The first-order chi connectivity index (χ1) is 11.3. The van der Waals surface area contributed by atoms with E-state index in [4.69, 9.17) is 4.74 Å². The minimum absolute atomic E-state index is 0.347. The first-order valence-electron chi connectivity index (χ1n) is 7.57. The summed E-state index contributed by atoms with van der Waals surface area (Å²) >= 11 is 0. The number of ether oxygens (including phenoxy) is 1. The van der Waals surface area contributed by atoms with Gasteiger partial charge in [0.25, 0.3) is 0 Å². The average Bonchev–Trinajstić information content (AvgIpc) is 2.60. The van der Waals surface area contributed by atoms with Crippen LogP contribution in [0, 0.1) is 0 Å². The number of hydrogen-bond donors (Lipinski definition) is 0. The largest absolute Gasteiger partial charge is 0.462 e. The molecule has 0 aliphatic heterocycles. The minimum atomic E-state index is -0.349. The summed E-state index contributed by atoms with van der Waals surface area (Å²) in [5, 5.41) is 2.35. The topological polar surface area (TPSA) is 39.2 Å². The first kappa shape index (κ1) is 15.0. The van der Waals surface area contributed by atoms with Crippen LogP contribution in [-0.2, 0) is 4.74 Å². The van der Waals surface area contributed by atoms with E-state index in [0.717, 1.165) is 5.56 Å². The summed E-state index contributed by atoms with van der Waals surface area (Å²) in [6.07, 6.45) is 5.51. The highest BCUT2D eigenvalue weighted by Crippen LogP contribution is 2.21. The predicted molar refractivity (Wildman–Crippen MR) is 93.1 cm³/mol. The van der Waals surface area contributed by atoms with Crippen molar-refractivity contribution in [3.63, 3.8) is 0 Å². The van der Waals surface area contributed by atoms with Gasteiger partial charge in [-0.05, 0) is 41.5 Å². The number of benzene rings is 2. The molecule has 23 heavy (non-hydrogen) atoms. The molecule has 3 nitrogen and oxygen atoms in total. The Labute approximate surface area is 135 Å². The van der Waals surface area contributed by atoms with Gasteiger partial charge in [-0.15, -0.1) is 0 Å². The lowest BCUT2D eigenvalue weighted by molar-refractivity contribution is 0.0525. The lowest BCUT2D eigenvalue weighted by Crippen LogP contribution is -2.07. The molecule has 0 radical (unpaired) electrons. The molecule has 0 aliphatic rings. The van der Waals surface area contributed by atoms with Crippen LogP contribution in [0.2, 0.25) is 0 Å². The molecular weight excluding hydrogens is 286 g/mol. The van der Waals surface area contributed by atoms with Gasteiger partial charge in [0, 0.05) is 6.20 Å². The third-order valence-corrected chi connectivity index (χ3v) is 3.58. The van der Waals surface area contributed by atoms with Gasteiger partial charge in [0.15, 0.2) is 0 Å². The van der Waals surface area contributed by atoms with Crippen molar-refractivity contribution in [3.8, 4) is 0 Å². The van der Waals surface area contributed by atoms with Gasteiger partial charge < -0.3 is 4.74 Å². The summed E-state index contributed by atoms with van der Waals surface area (Å²) in [5.74, 6) is -0.349. The van der Waals surface area contributed by atoms with Crippen molar-refractivity contribution in [1.82, 2.24) is 4.98 Å². The lowest BCUT2D eigenvalue weighted by Gasteiger charge is -2.05. The molecule has 0 atom stereocenters. The summed E-state index contributed by atoms with van der Waals surface area (Å²) in [5.41, 5.74) is 2.17. The molecule has 1 heterocycles. The van der Waals surface area contributed by atoms with Gasteiger partial charge in [-0.2, -0.15) is 0 Å². The van der Waals surface area contributed by atoms with Crippen molar-refractivity contribution in [2.75, 3.05) is 6.61 Å². The maximum Gasteiger partial charge on any atom is 0.340 e. The number of fused-ring (bicyclic) bond motifs is 1. The Balaban J connectivity index is 1.98. The first-order valence-corrected chi connectivity index (χ1v) is 7.57. The van der Waals surface area contributed by atoms with E-state index in [-0.39, 0.29) is 5.97 Å². The van der Waals surface area contributed by atoms with Crippen molar-refractivity contribution in [3.05, 3.63) is 77.6 Å². The standard InChI is InChI=1S/C20H17NO2/c1-2-23-20(22)18-11-6-14-21-19(18)13-12-16-9-5-8-15-7-3-4-10-17(15)16/h3-14H,2H2,1H3. The highest BCUT2D eigenvalue weighted by atomic mass is 16.5. The second kappa shape index (κ2) is 6.88. The van der Waals surface area contributed by atoms with Crippen LogP contribution >= 0.6 is 0 Å². The fourth-order valence-corrected chi connectivity index (χ4v) is 2.50. The number of aromatic nitrogens is 1. The van der Waals surface area contributed by atoms with Crippen LogP contribution in [0.25, 0.3) is 22.9 Å². The van der Waals surface area contributed by atoms with Crippen LogP contribution in [0.5, 0.6) is 0 Å². The third-order valence-electron chi connectivity index (χ3n) is 3.58. The average molecular weight is 303 g/mol. The van der Waals surface area contributed by atoms with Gasteiger partial charge in [0.1, 0.15) is 0 Å². The molecule has 0 saturated heterocycles. The normalized spacial score (nSPS) is 11.0. The summed E-state index contributed by atoms with van der Waals surface area (Å²) < 4.78 is 5.08. The molecule has 0 spiro atoms. The number of carbonyl (C=O) groups is 1. The molecule has 3 heteroatoms. The molecule has 114 valence electrons. The van der Waals surface area contributed by atoms with E-state index < -0.39 is 0 Å². The lowest BCUT2D eigenvalue weighted by atomic mass is 10.0. The summed E-state index contributed by atoms with van der Waals surface area (Å²) in [6.45, 7) is 2.14. The van der Waals surface area contributed by atoms with Crippen molar-refractivity contribution >= 4 is 28.9 Å². The number of pyridine rings is 1. The van der Waals surface area contributed by atoms with Gasteiger partial charge >= 0.3 is 5.97 Å². The second-order valence-electron chi connectivity index (χ2n) is 5.06. The maximum atomic E-state index is 12.0. The number of nitrogens with zero attached hydrogens (tertiary/aromatic N) is 1. The zero-order valence-corrected chi connectivity index (χ0v) is 12.9. The van der Waals surface area contributed by atoms with Gasteiger partial charge in [0.05, 0.1) is 17.9 Å². The Morgan fingerprint density at radius 1 is 1.04 bits per heavy atom. The Morgan fingerprint density at radius 3 is 2.74 bits per heavy atom. The molecule has 0 fully saturated rings. The molecule has 0 N–H and O–H groups in total. The van der Waals surface area contributed by atoms with E-state index in [1.54, 1.807) is 25.3 Å². The van der Waals surface area contributed by atoms with E-state index in [9.17, 15) is 4.79 Å². The smallest absolute Gasteiger partial charge is 0.340 e. The highest BCUT2D eigenvalue weighted by molar-refractivity contribution is 5.96. The van der Waals surface area contributed by atoms with Gasteiger partial charge in [-0.1, -0.05) is 48.5 Å². The monoisotopic (exact) mass is 303 g/mol. The van der Waals surface area contributed by atoms with E-state index in [0.29, 0.717) is 17.9 Å². The number of esters is 1. The van der Waals surface area contributed by atoms with Crippen molar-refractivity contribution < 1.29 is 9.53 Å². The molecule has 3 aromatic rings. The van der Waals surface area contributed by atoms with Crippen LogP contribution < -0.4 is 0 Å². The van der Waals surface area contributed by atoms with Crippen LogP contribution in [0.1, 0.15) is 28.5 Å². The SMILES string of the molecule is CCOC(=O)c1cccnc1C=Cc1cccc2ccccc12. The molecule has 3 rings (SSSR count). The molecule has 0 aliphatic carbocycles. The van der Waals surface area contributed by atoms with E-state index in [2.05, 4.69) is 23.2 Å². The van der Waals surface area contributed by atoms with Crippen LogP contribution in [0.15, 0.2) is 60.8 Å². The zero-order chi connectivity index (χ0) is 16.1. The Kier molecular flexibility index (Phi) is 4.48. The van der Waals surface area contributed by atoms with Gasteiger partial charge in [-0.3, -0.25) is 4.98 Å². The van der Waals surface area contributed by atoms with Crippen LogP contribution in [0.4, 0.5) is 0 Å². The minimum Gasteiger partial charge on any atom is -0.462 e. The van der Waals surface area contributed by atoms with E-state index >= 15 is 0 Å². The van der Waals surface area contributed by atoms with Crippen molar-refractivity contribution in [1.29, 1.82) is 0 Å². The molecule has 0 amide bonds. The van der Waals surface area contributed by atoms with Crippen LogP contribution in [-0.4, -0.2) is 17.6 Å². The van der Waals surface area contributed by atoms with E-state index in [1.165, 1.54) is 10.8 Å². The fourth-order valence-electron chi connectivity index (χ4n) is 2.50. The zero-order valence-electron chi connectivity index (χ0n) is 12.9. The number of rotatable bonds is 4. The Bertz CT molecular complexity index is 863. The molecule has 1 aromatic heterocycles. The fraction of sp³-hybridized carbons (Fsp3) is 0.100. The highest BCUT2D eigenvalue weighted by Gasteiger charge is 2.10. The van der Waals surface area contributed by atoms with Crippen LogP contribution in [0.3, 0.4) is 0 Å². The Morgan fingerprint density at radius 2 is 1.87 bits per heavy atom. The second-order valence-corrected chi connectivity index (χ2v) is 5.06. The molecule has 0 saturated carbocycles. The third kappa shape index (κ3) is 3.29. The number of hydrogen-bond acceptors (Lipinski definition) is 3. The Hall–Kier alpha value is -2.94. The molecule has 0 unspecified atom stereocenters.